The van der Waals surface area contributed by atoms with E-state index in [9.17, 15) is 4.79 Å². The third kappa shape index (κ3) is 3.96. The average Bonchev–Trinajstić information content (AvgIpc) is 2.45. The second-order valence-electron chi connectivity index (χ2n) is 5.08. The largest absolute Gasteiger partial charge is 0.399 e. The highest BCUT2D eigenvalue weighted by atomic mass is 16.5. The lowest BCUT2D eigenvalue weighted by Crippen LogP contribution is -2.42. The number of amides is 1. The van der Waals surface area contributed by atoms with E-state index in [0.717, 1.165) is 43.6 Å². The first kappa shape index (κ1) is 13.9. The van der Waals surface area contributed by atoms with Gasteiger partial charge in [-0.05, 0) is 37.0 Å². The van der Waals surface area contributed by atoms with Gasteiger partial charge in [0, 0.05) is 32.3 Å². The van der Waals surface area contributed by atoms with Gasteiger partial charge in [-0.3, -0.25) is 4.79 Å². The summed E-state index contributed by atoms with van der Waals surface area (Å²) in [6, 6.07) is 7.73. The van der Waals surface area contributed by atoms with E-state index in [1.54, 1.807) is 7.11 Å². The lowest BCUT2D eigenvalue weighted by molar-refractivity contribution is -0.134. The van der Waals surface area contributed by atoms with Gasteiger partial charge in [0.15, 0.2) is 0 Å². The molecule has 2 rings (SSSR count). The first-order valence-electron chi connectivity index (χ1n) is 6.84. The van der Waals surface area contributed by atoms with Crippen LogP contribution in [0.3, 0.4) is 0 Å². The summed E-state index contributed by atoms with van der Waals surface area (Å²) in [5.41, 5.74) is 7.60. The maximum atomic E-state index is 12.2. The minimum atomic E-state index is 0.199. The van der Waals surface area contributed by atoms with Crippen LogP contribution in [-0.2, 0) is 16.0 Å². The van der Waals surface area contributed by atoms with E-state index in [0.29, 0.717) is 6.42 Å². The lowest BCUT2D eigenvalue weighted by atomic mass is 10.1. The minimum absolute atomic E-state index is 0.199. The monoisotopic (exact) mass is 262 g/mol. The molecule has 1 aliphatic heterocycles. The van der Waals surface area contributed by atoms with Gasteiger partial charge in [0.2, 0.25) is 5.91 Å². The minimum Gasteiger partial charge on any atom is -0.399 e. The number of nitrogens with zero attached hydrogens (tertiary/aromatic N) is 1. The molecular formula is C15H22N2O2. The molecule has 1 heterocycles. The van der Waals surface area contributed by atoms with Gasteiger partial charge < -0.3 is 15.4 Å². The maximum absolute atomic E-state index is 12.2. The van der Waals surface area contributed by atoms with Gasteiger partial charge >= 0.3 is 0 Å². The third-order valence-corrected chi connectivity index (χ3v) is 3.64. The van der Waals surface area contributed by atoms with Crippen molar-refractivity contribution in [3.8, 4) is 0 Å². The zero-order chi connectivity index (χ0) is 13.7. The molecule has 1 amide bonds. The predicted molar refractivity (Wildman–Crippen MR) is 75.8 cm³/mol. The van der Waals surface area contributed by atoms with Crippen molar-refractivity contribution >= 4 is 11.6 Å². The number of hydrogen-bond acceptors (Lipinski definition) is 3. The van der Waals surface area contributed by atoms with Gasteiger partial charge in [-0.15, -0.1) is 0 Å². The summed E-state index contributed by atoms with van der Waals surface area (Å²) < 4.78 is 5.34. The number of hydrogen-bond donors (Lipinski definition) is 1. The second kappa shape index (κ2) is 6.57. The van der Waals surface area contributed by atoms with Crippen LogP contribution in [0, 0.1) is 0 Å². The Labute approximate surface area is 114 Å². The number of likely N-dealkylation sites (tertiary alicyclic amines) is 1. The maximum Gasteiger partial charge on any atom is 0.222 e. The van der Waals surface area contributed by atoms with Gasteiger partial charge in [0.1, 0.15) is 0 Å². The number of rotatable bonds is 4. The molecule has 0 radical (unpaired) electrons. The quantitative estimate of drug-likeness (QED) is 0.842. The second-order valence-corrected chi connectivity index (χ2v) is 5.08. The van der Waals surface area contributed by atoms with Crippen LogP contribution in [0.2, 0.25) is 0 Å². The number of aryl methyl sites for hydroxylation is 1. The van der Waals surface area contributed by atoms with Crippen molar-refractivity contribution in [3.05, 3.63) is 29.8 Å². The molecule has 4 nitrogen and oxygen atoms in total. The summed E-state index contributed by atoms with van der Waals surface area (Å²) in [5.74, 6) is 0.212. The van der Waals surface area contributed by atoms with Gasteiger partial charge in [-0.1, -0.05) is 12.1 Å². The molecule has 1 aromatic rings. The van der Waals surface area contributed by atoms with E-state index in [2.05, 4.69) is 0 Å². The number of carbonyl (C=O) groups is 1. The molecule has 0 aliphatic carbocycles. The summed E-state index contributed by atoms with van der Waals surface area (Å²) in [5, 5.41) is 0. The van der Waals surface area contributed by atoms with E-state index in [-0.39, 0.29) is 12.0 Å². The summed E-state index contributed by atoms with van der Waals surface area (Å²) in [4.78, 5) is 14.1. The third-order valence-electron chi connectivity index (χ3n) is 3.64. The Bertz CT molecular complexity index is 434. The lowest BCUT2D eigenvalue weighted by Gasteiger charge is -2.32. The van der Waals surface area contributed by atoms with Crippen molar-refractivity contribution in [1.29, 1.82) is 0 Å². The summed E-state index contributed by atoms with van der Waals surface area (Å²) in [6.45, 7) is 1.59. The Morgan fingerprint density at radius 3 is 3.11 bits per heavy atom. The van der Waals surface area contributed by atoms with Crippen LogP contribution in [0.25, 0.3) is 0 Å². The van der Waals surface area contributed by atoms with Crippen molar-refractivity contribution in [2.45, 2.75) is 31.8 Å². The Morgan fingerprint density at radius 2 is 2.37 bits per heavy atom. The van der Waals surface area contributed by atoms with Crippen LogP contribution < -0.4 is 5.73 Å². The zero-order valence-corrected chi connectivity index (χ0v) is 11.5. The number of carbonyl (C=O) groups excluding carboxylic acids is 1. The van der Waals surface area contributed by atoms with Crippen LogP contribution in [0.1, 0.15) is 24.8 Å². The molecule has 1 aliphatic rings. The topological polar surface area (TPSA) is 55.6 Å². The van der Waals surface area contributed by atoms with Crippen molar-refractivity contribution in [3.63, 3.8) is 0 Å². The first-order chi connectivity index (χ1) is 9.19. The molecule has 0 saturated carbocycles. The van der Waals surface area contributed by atoms with Crippen molar-refractivity contribution < 1.29 is 9.53 Å². The smallest absolute Gasteiger partial charge is 0.222 e. The highest BCUT2D eigenvalue weighted by molar-refractivity contribution is 5.76. The molecule has 1 fully saturated rings. The van der Waals surface area contributed by atoms with E-state index in [1.807, 2.05) is 29.2 Å². The normalized spacial score (nSPS) is 19.4. The first-order valence-corrected chi connectivity index (χ1v) is 6.84. The van der Waals surface area contributed by atoms with E-state index in [4.69, 9.17) is 10.5 Å². The van der Waals surface area contributed by atoms with Crippen molar-refractivity contribution in [1.82, 2.24) is 4.90 Å². The molecule has 1 saturated heterocycles. The average molecular weight is 262 g/mol. The summed E-state index contributed by atoms with van der Waals surface area (Å²) >= 11 is 0. The number of methoxy groups -OCH3 is 1. The fraction of sp³-hybridized carbons (Fsp3) is 0.533. The number of anilines is 1. The Morgan fingerprint density at radius 1 is 1.53 bits per heavy atom. The molecule has 4 heteroatoms. The van der Waals surface area contributed by atoms with Crippen LogP contribution in [0.4, 0.5) is 5.69 Å². The molecule has 104 valence electrons. The Balaban J connectivity index is 1.84. The number of nitrogens with two attached hydrogens (primary N) is 1. The molecule has 0 spiro atoms. The molecule has 19 heavy (non-hydrogen) atoms. The van der Waals surface area contributed by atoms with Crippen LogP contribution in [0.5, 0.6) is 0 Å². The zero-order valence-electron chi connectivity index (χ0n) is 11.5. The van der Waals surface area contributed by atoms with Gasteiger partial charge in [-0.2, -0.15) is 0 Å². The molecule has 0 bridgehead atoms. The summed E-state index contributed by atoms with van der Waals surface area (Å²) in [7, 11) is 1.71. The Kier molecular flexibility index (Phi) is 4.80. The van der Waals surface area contributed by atoms with Crippen molar-refractivity contribution in [2.24, 2.45) is 0 Å². The SMILES string of the molecule is COC1CCCN(C(=O)CCc2cccc(N)c2)C1. The van der Waals surface area contributed by atoms with E-state index in [1.165, 1.54) is 0 Å². The molecule has 1 unspecified atom stereocenters. The predicted octanol–water partition coefficient (Wildman–Crippen LogP) is 1.84. The number of piperidine rings is 1. The number of nitrogen functional groups attached to an aromatic ring is 1. The number of ether oxygens (including phenoxy) is 1. The fourth-order valence-electron chi connectivity index (χ4n) is 2.52. The molecular weight excluding hydrogens is 240 g/mol. The highest BCUT2D eigenvalue weighted by Crippen LogP contribution is 2.15. The highest BCUT2D eigenvalue weighted by Gasteiger charge is 2.22. The Hall–Kier alpha value is -1.55. The molecule has 1 atom stereocenters. The molecule has 2 N–H and O–H groups in total. The van der Waals surface area contributed by atoms with E-state index >= 15 is 0 Å². The fourth-order valence-corrected chi connectivity index (χ4v) is 2.52. The van der Waals surface area contributed by atoms with E-state index < -0.39 is 0 Å². The van der Waals surface area contributed by atoms with Gasteiger partial charge in [0.05, 0.1) is 6.10 Å². The standard InChI is InChI=1S/C15H22N2O2/c1-19-14-6-3-9-17(11-14)15(18)8-7-12-4-2-5-13(16)10-12/h2,4-5,10,14H,3,6-9,11,16H2,1H3. The van der Waals surface area contributed by atoms with Gasteiger partial charge in [0.25, 0.3) is 0 Å². The van der Waals surface area contributed by atoms with Gasteiger partial charge in [-0.25, -0.2) is 0 Å². The van der Waals surface area contributed by atoms with Crippen molar-refractivity contribution in [2.75, 3.05) is 25.9 Å². The number of benzene rings is 1. The van der Waals surface area contributed by atoms with Crippen LogP contribution in [0.15, 0.2) is 24.3 Å². The molecule has 1 aromatic carbocycles. The summed E-state index contributed by atoms with van der Waals surface area (Å²) in [6.07, 6.45) is 3.57. The molecule has 0 aromatic heterocycles. The van der Waals surface area contributed by atoms with Crippen LogP contribution in [-0.4, -0.2) is 37.1 Å². The van der Waals surface area contributed by atoms with Crippen LogP contribution >= 0.6 is 0 Å².